The summed E-state index contributed by atoms with van der Waals surface area (Å²) >= 11 is 5.99. The standard InChI is InChI=1S/C18H17ClO6/c1-22-14-8-7-11(9-12(14)19)13(20)10-25-18(21)17-15(23-2)5-4-6-16(17)24-3/h4-9H,10H2,1-3H3. The van der Waals surface area contributed by atoms with Crippen molar-refractivity contribution in [1.82, 2.24) is 0 Å². The molecule has 0 amide bonds. The Morgan fingerprint density at radius 3 is 2.04 bits per heavy atom. The molecule has 0 unspecified atom stereocenters. The maximum atomic E-state index is 12.3. The Morgan fingerprint density at radius 1 is 0.920 bits per heavy atom. The highest BCUT2D eigenvalue weighted by Crippen LogP contribution is 2.29. The molecule has 0 saturated heterocycles. The number of Topliss-reactive ketones (excluding diaryl/α,β-unsaturated/α-hetero) is 1. The Kier molecular flexibility index (Phi) is 6.25. The number of hydrogen-bond donors (Lipinski definition) is 0. The summed E-state index contributed by atoms with van der Waals surface area (Å²) in [5, 5.41) is 0.297. The summed E-state index contributed by atoms with van der Waals surface area (Å²) in [5.74, 6) is -0.0726. The molecule has 0 saturated carbocycles. The number of hydrogen-bond acceptors (Lipinski definition) is 6. The van der Waals surface area contributed by atoms with Crippen molar-refractivity contribution in [2.75, 3.05) is 27.9 Å². The van der Waals surface area contributed by atoms with Gasteiger partial charge in [0, 0.05) is 5.56 Å². The molecule has 2 rings (SSSR count). The van der Waals surface area contributed by atoms with Crippen molar-refractivity contribution >= 4 is 23.4 Å². The zero-order chi connectivity index (χ0) is 18.4. The van der Waals surface area contributed by atoms with Crippen molar-refractivity contribution in [3.8, 4) is 17.2 Å². The van der Waals surface area contributed by atoms with E-state index in [2.05, 4.69) is 0 Å². The van der Waals surface area contributed by atoms with Crippen LogP contribution in [0.2, 0.25) is 5.02 Å². The normalized spacial score (nSPS) is 10.1. The van der Waals surface area contributed by atoms with Crippen LogP contribution in [0.1, 0.15) is 20.7 Å². The summed E-state index contributed by atoms with van der Waals surface area (Å²) in [4.78, 5) is 24.5. The van der Waals surface area contributed by atoms with Crippen LogP contribution < -0.4 is 14.2 Å². The number of ketones is 1. The molecule has 0 spiro atoms. The summed E-state index contributed by atoms with van der Waals surface area (Å²) in [5.41, 5.74) is 0.429. The van der Waals surface area contributed by atoms with Gasteiger partial charge in [-0.15, -0.1) is 0 Å². The van der Waals surface area contributed by atoms with Crippen LogP contribution in [0.5, 0.6) is 17.2 Å². The summed E-state index contributed by atoms with van der Waals surface area (Å²) in [6.45, 7) is -0.442. The number of benzene rings is 2. The first-order valence-corrected chi connectivity index (χ1v) is 7.64. The van der Waals surface area contributed by atoms with Crippen molar-refractivity contribution in [2.45, 2.75) is 0 Å². The van der Waals surface area contributed by atoms with E-state index in [0.29, 0.717) is 27.8 Å². The average Bonchev–Trinajstić information content (AvgIpc) is 2.64. The van der Waals surface area contributed by atoms with Gasteiger partial charge in [0.15, 0.2) is 12.4 Å². The van der Waals surface area contributed by atoms with Crippen LogP contribution in [0.25, 0.3) is 0 Å². The molecule has 0 bridgehead atoms. The van der Waals surface area contributed by atoms with Gasteiger partial charge in [0.2, 0.25) is 0 Å². The third kappa shape index (κ3) is 4.22. The number of carbonyl (C=O) groups is 2. The molecule has 7 heteroatoms. The molecule has 2 aromatic rings. The molecule has 6 nitrogen and oxygen atoms in total. The SMILES string of the molecule is COc1ccc(C(=O)COC(=O)c2c(OC)cccc2OC)cc1Cl. The van der Waals surface area contributed by atoms with Gasteiger partial charge in [0.05, 0.1) is 26.4 Å². The minimum atomic E-state index is -0.720. The minimum Gasteiger partial charge on any atom is -0.496 e. The largest absolute Gasteiger partial charge is 0.496 e. The molecule has 0 aliphatic carbocycles. The smallest absolute Gasteiger partial charge is 0.346 e. The topological polar surface area (TPSA) is 71.1 Å². The van der Waals surface area contributed by atoms with Gasteiger partial charge in [-0.25, -0.2) is 4.79 Å². The molecule has 0 fully saturated rings. The Bertz CT molecular complexity index is 765. The molecule has 2 aromatic carbocycles. The molecule has 0 aromatic heterocycles. The van der Waals surface area contributed by atoms with E-state index < -0.39 is 18.4 Å². The Labute approximate surface area is 150 Å². The lowest BCUT2D eigenvalue weighted by Gasteiger charge is -2.12. The fourth-order valence-electron chi connectivity index (χ4n) is 2.18. The van der Waals surface area contributed by atoms with Gasteiger partial charge in [-0.2, -0.15) is 0 Å². The van der Waals surface area contributed by atoms with Crippen LogP contribution in [0.3, 0.4) is 0 Å². The second-order valence-electron chi connectivity index (χ2n) is 4.89. The van der Waals surface area contributed by atoms with E-state index in [1.54, 1.807) is 30.3 Å². The number of halogens is 1. The monoisotopic (exact) mass is 364 g/mol. The molecule has 0 heterocycles. The van der Waals surface area contributed by atoms with Crippen LogP contribution in [0.15, 0.2) is 36.4 Å². The van der Waals surface area contributed by atoms with E-state index in [0.717, 1.165) is 0 Å². The van der Waals surface area contributed by atoms with Gasteiger partial charge < -0.3 is 18.9 Å². The molecule has 0 N–H and O–H groups in total. The minimum absolute atomic E-state index is 0.119. The molecule has 25 heavy (non-hydrogen) atoms. The van der Waals surface area contributed by atoms with E-state index in [1.807, 2.05) is 0 Å². The molecule has 0 aliphatic heterocycles. The highest BCUT2D eigenvalue weighted by molar-refractivity contribution is 6.32. The fraction of sp³-hybridized carbons (Fsp3) is 0.222. The van der Waals surface area contributed by atoms with Gasteiger partial charge in [-0.05, 0) is 30.3 Å². The molecule has 0 atom stereocenters. The first kappa shape index (κ1) is 18.6. The number of rotatable bonds is 7. The van der Waals surface area contributed by atoms with Gasteiger partial charge in [-0.1, -0.05) is 17.7 Å². The van der Waals surface area contributed by atoms with E-state index in [4.69, 9.17) is 30.5 Å². The maximum absolute atomic E-state index is 12.3. The Balaban J connectivity index is 2.12. The molecular formula is C18H17ClO6. The highest BCUT2D eigenvalue weighted by Gasteiger charge is 2.21. The van der Waals surface area contributed by atoms with Crippen LogP contribution in [-0.4, -0.2) is 39.7 Å². The van der Waals surface area contributed by atoms with Crippen LogP contribution in [0, 0.1) is 0 Å². The summed E-state index contributed by atoms with van der Waals surface area (Å²) in [7, 11) is 4.33. The van der Waals surface area contributed by atoms with Gasteiger partial charge in [0.1, 0.15) is 22.8 Å². The van der Waals surface area contributed by atoms with Crippen molar-refractivity contribution < 1.29 is 28.5 Å². The zero-order valence-electron chi connectivity index (χ0n) is 14.0. The lowest BCUT2D eigenvalue weighted by Crippen LogP contribution is -2.15. The third-order valence-electron chi connectivity index (χ3n) is 3.44. The van der Waals surface area contributed by atoms with Gasteiger partial charge in [0.25, 0.3) is 0 Å². The van der Waals surface area contributed by atoms with E-state index in [1.165, 1.54) is 27.4 Å². The van der Waals surface area contributed by atoms with E-state index in [-0.39, 0.29) is 5.56 Å². The summed E-state index contributed by atoms with van der Waals surface area (Å²) in [6.07, 6.45) is 0. The molecular weight excluding hydrogens is 348 g/mol. The van der Waals surface area contributed by atoms with Crippen LogP contribution in [-0.2, 0) is 4.74 Å². The molecule has 132 valence electrons. The van der Waals surface area contributed by atoms with Crippen molar-refractivity contribution in [1.29, 1.82) is 0 Å². The number of ether oxygens (including phenoxy) is 4. The van der Waals surface area contributed by atoms with Crippen LogP contribution in [0.4, 0.5) is 0 Å². The quantitative estimate of drug-likeness (QED) is 0.554. The van der Waals surface area contributed by atoms with Gasteiger partial charge >= 0.3 is 5.97 Å². The number of methoxy groups -OCH3 is 3. The second-order valence-corrected chi connectivity index (χ2v) is 5.29. The van der Waals surface area contributed by atoms with E-state index >= 15 is 0 Å². The van der Waals surface area contributed by atoms with Crippen molar-refractivity contribution in [2.24, 2.45) is 0 Å². The predicted octanol–water partition coefficient (Wildman–Crippen LogP) is 3.41. The highest BCUT2D eigenvalue weighted by atomic mass is 35.5. The maximum Gasteiger partial charge on any atom is 0.346 e. The summed E-state index contributed by atoms with van der Waals surface area (Å²) in [6, 6.07) is 9.46. The van der Waals surface area contributed by atoms with Crippen LogP contribution >= 0.6 is 11.6 Å². The van der Waals surface area contributed by atoms with E-state index in [9.17, 15) is 9.59 Å². The average molecular weight is 365 g/mol. The Morgan fingerprint density at radius 2 is 1.52 bits per heavy atom. The predicted molar refractivity (Wildman–Crippen MR) is 92.2 cm³/mol. The first-order chi connectivity index (χ1) is 12.0. The number of carbonyl (C=O) groups excluding carboxylic acids is 2. The second kappa shape index (κ2) is 8.39. The number of esters is 1. The fourth-order valence-corrected chi connectivity index (χ4v) is 2.44. The van der Waals surface area contributed by atoms with Crippen molar-refractivity contribution in [3.63, 3.8) is 0 Å². The lowest BCUT2D eigenvalue weighted by atomic mass is 10.1. The zero-order valence-corrected chi connectivity index (χ0v) is 14.8. The molecule has 0 aliphatic rings. The molecule has 0 radical (unpaired) electrons. The Hall–Kier alpha value is -2.73. The van der Waals surface area contributed by atoms with Gasteiger partial charge in [-0.3, -0.25) is 4.79 Å². The first-order valence-electron chi connectivity index (χ1n) is 7.26. The lowest BCUT2D eigenvalue weighted by molar-refractivity contribution is 0.0468. The summed E-state index contributed by atoms with van der Waals surface area (Å²) < 4.78 is 20.4. The third-order valence-corrected chi connectivity index (χ3v) is 3.74. The van der Waals surface area contributed by atoms with Crippen molar-refractivity contribution in [3.05, 3.63) is 52.5 Å².